The van der Waals surface area contributed by atoms with Crippen molar-refractivity contribution in [2.45, 2.75) is 39.2 Å². The summed E-state index contributed by atoms with van der Waals surface area (Å²) in [7, 11) is 1.83. The Labute approximate surface area is 192 Å². The fourth-order valence-corrected chi connectivity index (χ4v) is 3.87. The maximum atomic E-state index is 5.96. The van der Waals surface area contributed by atoms with Gasteiger partial charge >= 0.3 is 0 Å². The van der Waals surface area contributed by atoms with Gasteiger partial charge in [-0.15, -0.1) is 24.0 Å². The van der Waals surface area contributed by atoms with Crippen LogP contribution in [0.3, 0.4) is 0 Å². The molecule has 3 rings (SSSR count). The smallest absolute Gasteiger partial charge is 0.191 e. The van der Waals surface area contributed by atoms with Gasteiger partial charge in [-0.1, -0.05) is 25.5 Å². The molecule has 7 heteroatoms. The van der Waals surface area contributed by atoms with Gasteiger partial charge in [0, 0.05) is 39.8 Å². The van der Waals surface area contributed by atoms with Gasteiger partial charge in [-0.25, -0.2) is 0 Å². The Morgan fingerprint density at radius 1 is 1.24 bits per heavy atom. The number of guanidine groups is 1. The van der Waals surface area contributed by atoms with Crippen molar-refractivity contribution in [3.05, 3.63) is 29.8 Å². The standard InChI is InChI=1S/C22H36N4O2.HI/c1-3-22(8-5-9-22)18-25-21(23-2)24-17-19-6-4-7-20(16-19)28-15-12-26-10-13-27-14-11-26;/h4,6-7,16H,3,5,8-15,17-18H2,1-2H3,(H2,23,24,25);1H. The molecule has 1 aliphatic heterocycles. The number of halogens is 1. The van der Waals surface area contributed by atoms with Crippen molar-refractivity contribution >= 4 is 29.9 Å². The first kappa shape index (κ1) is 24.2. The molecule has 0 spiro atoms. The molecule has 0 atom stereocenters. The second kappa shape index (κ2) is 12.6. The molecule has 1 aliphatic carbocycles. The molecule has 0 bridgehead atoms. The molecule has 1 saturated carbocycles. The first-order valence-corrected chi connectivity index (χ1v) is 10.7. The molecular weight excluding hydrogens is 479 g/mol. The lowest BCUT2D eigenvalue weighted by atomic mass is 9.67. The van der Waals surface area contributed by atoms with Crippen molar-refractivity contribution in [3.63, 3.8) is 0 Å². The number of nitrogens with zero attached hydrogens (tertiary/aromatic N) is 2. The van der Waals surface area contributed by atoms with Crippen LogP contribution in [-0.2, 0) is 11.3 Å². The van der Waals surface area contributed by atoms with Crippen LogP contribution in [0.4, 0.5) is 0 Å². The SMILES string of the molecule is CCC1(CNC(=NC)NCc2cccc(OCCN3CCOCC3)c2)CCC1.I. The second-order valence-electron chi connectivity index (χ2n) is 7.94. The van der Waals surface area contributed by atoms with Crippen LogP contribution in [0.5, 0.6) is 5.75 Å². The minimum Gasteiger partial charge on any atom is -0.492 e. The van der Waals surface area contributed by atoms with Gasteiger partial charge < -0.3 is 20.1 Å². The number of morpholine rings is 1. The molecule has 2 fully saturated rings. The molecule has 0 amide bonds. The van der Waals surface area contributed by atoms with E-state index < -0.39 is 0 Å². The summed E-state index contributed by atoms with van der Waals surface area (Å²) in [6.07, 6.45) is 5.26. The Hall–Kier alpha value is -1.06. The van der Waals surface area contributed by atoms with Gasteiger partial charge in [-0.05, 0) is 42.4 Å². The zero-order valence-electron chi connectivity index (χ0n) is 17.9. The lowest BCUT2D eigenvalue weighted by molar-refractivity contribution is 0.0322. The van der Waals surface area contributed by atoms with Crippen molar-refractivity contribution < 1.29 is 9.47 Å². The van der Waals surface area contributed by atoms with Crippen molar-refractivity contribution in [2.24, 2.45) is 10.4 Å². The van der Waals surface area contributed by atoms with Gasteiger partial charge in [0.2, 0.25) is 0 Å². The summed E-state index contributed by atoms with van der Waals surface area (Å²) >= 11 is 0. The summed E-state index contributed by atoms with van der Waals surface area (Å²) in [6.45, 7) is 9.35. The van der Waals surface area contributed by atoms with Crippen LogP contribution in [-0.4, -0.2) is 63.9 Å². The highest BCUT2D eigenvalue weighted by molar-refractivity contribution is 14.0. The van der Waals surface area contributed by atoms with Crippen LogP contribution in [0, 0.1) is 5.41 Å². The molecule has 164 valence electrons. The summed E-state index contributed by atoms with van der Waals surface area (Å²) in [4.78, 5) is 6.75. The zero-order valence-corrected chi connectivity index (χ0v) is 20.2. The molecule has 0 unspecified atom stereocenters. The highest BCUT2D eigenvalue weighted by Crippen LogP contribution is 2.42. The van der Waals surface area contributed by atoms with E-state index in [-0.39, 0.29) is 24.0 Å². The molecule has 1 aromatic rings. The quantitative estimate of drug-likeness (QED) is 0.300. The van der Waals surface area contributed by atoms with Crippen LogP contribution >= 0.6 is 24.0 Å². The van der Waals surface area contributed by atoms with E-state index in [1.807, 2.05) is 13.1 Å². The lowest BCUT2D eigenvalue weighted by Gasteiger charge is -2.41. The summed E-state index contributed by atoms with van der Waals surface area (Å²) in [5.41, 5.74) is 1.67. The van der Waals surface area contributed by atoms with Gasteiger partial charge in [-0.2, -0.15) is 0 Å². The van der Waals surface area contributed by atoms with Crippen molar-refractivity contribution in [1.29, 1.82) is 0 Å². The molecule has 1 heterocycles. The van der Waals surface area contributed by atoms with E-state index in [4.69, 9.17) is 9.47 Å². The number of ether oxygens (including phenoxy) is 2. The first-order chi connectivity index (χ1) is 13.7. The molecule has 1 aromatic carbocycles. The lowest BCUT2D eigenvalue weighted by Crippen LogP contribution is -2.46. The van der Waals surface area contributed by atoms with Gasteiger partial charge in [0.25, 0.3) is 0 Å². The van der Waals surface area contributed by atoms with Crippen molar-refractivity contribution in [2.75, 3.05) is 53.0 Å². The topological polar surface area (TPSA) is 58.1 Å². The molecule has 0 aromatic heterocycles. The molecule has 0 radical (unpaired) electrons. The van der Waals surface area contributed by atoms with E-state index in [1.165, 1.54) is 31.2 Å². The molecular formula is C22H37IN4O2. The molecule has 6 nitrogen and oxygen atoms in total. The monoisotopic (exact) mass is 516 g/mol. The molecule has 2 aliphatic rings. The zero-order chi connectivity index (χ0) is 19.7. The fourth-order valence-electron chi connectivity index (χ4n) is 3.87. The van der Waals surface area contributed by atoms with Gasteiger partial charge in [0.05, 0.1) is 13.2 Å². The Balaban J connectivity index is 0.00000300. The number of hydrogen-bond donors (Lipinski definition) is 2. The summed E-state index contributed by atoms with van der Waals surface area (Å²) in [5.74, 6) is 1.80. The van der Waals surface area contributed by atoms with Gasteiger partial charge in [0.1, 0.15) is 12.4 Å². The van der Waals surface area contributed by atoms with Crippen LogP contribution in [0.1, 0.15) is 38.2 Å². The Morgan fingerprint density at radius 3 is 2.69 bits per heavy atom. The molecule has 29 heavy (non-hydrogen) atoms. The predicted molar refractivity (Wildman–Crippen MR) is 129 cm³/mol. The third kappa shape index (κ3) is 7.61. The Bertz CT molecular complexity index is 625. The van der Waals surface area contributed by atoms with Gasteiger partial charge in [-0.3, -0.25) is 9.89 Å². The number of aliphatic imine (C=N–C) groups is 1. The maximum Gasteiger partial charge on any atom is 0.191 e. The van der Waals surface area contributed by atoms with Crippen molar-refractivity contribution in [1.82, 2.24) is 15.5 Å². The van der Waals surface area contributed by atoms with Crippen molar-refractivity contribution in [3.8, 4) is 5.75 Å². The van der Waals surface area contributed by atoms with Crippen LogP contribution in [0.2, 0.25) is 0 Å². The number of benzene rings is 1. The predicted octanol–water partition coefficient (Wildman–Crippen LogP) is 3.26. The average molecular weight is 516 g/mol. The van der Waals surface area contributed by atoms with E-state index in [0.717, 1.165) is 57.6 Å². The second-order valence-corrected chi connectivity index (χ2v) is 7.94. The third-order valence-corrected chi connectivity index (χ3v) is 6.16. The minimum atomic E-state index is 0. The number of rotatable bonds is 9. The highest BCUT2D eigenvalue weighted by Gasteiger charge is 2.34. The third-order valence-electron chi connectivity index (χ3n) is 6.16. The molecule has 1 saturated heterocycles. The minimum absolute atomic E-state index is 0. The van der Waals surface area contributed by atoms with Crippen LogP contribution in [0.15, 0.2) is 29.3 Å². The summed E-state index contributed by atoms with van der Waals surface area (Å²) in [6, 6.07) is 8.31. The normalized spacial score (nSPS) is 19.0. The number of hydrogen-bond acceptors (Lipinski definition) is 4. The first-order valence-electron chi connectivity index (χ1n) is 10.7. The van der Waals surface area contributed by atoms with Crippen LogP contribution < -0.4 is 15.4 Å². The highest BCUT2D eigenvalue weighted by atomic mass is 127. The van der Waals surface area contributed by atoms with Crippen LogP contribution in [0.25, 0.3) is 0 Å². The summed E-state index contributed by atoms with van der Waals surface area (Å²) in [5, 5.41) is 6.94. The van der Waals surface area contributed by atoms with E-state index in [0.29, 0.717) is 12.0 Å². The van der Waals surface area contributed by atoms with E-state index in [9.17, 15) is 0 Å². The number of nitrogens with one attached hydrogen (secondary N) is 2. The maximum absolute atomic E-state index is 5.96. The Kier molecular flexibility index (Phi) is 10.5. The van der Waals surface area contributed by atoms with Gasteiger partial charge in [0.15, 0.2) is 5.96 Å². The largest absolute Gasteiger partial charge is 0.492 e. The van der Waals surface area contributed by atoms with E-state index in [1.54, 1.807) is 0 Å². The van der Waals surface area contributed by atoms with E-state index in [2.05, 4.69) is 45.6 Å². The fraction of sp³-hybridized carbons (Fsp3) is 0.682. The Morgan fingerprint density at radius 2 is 2.03 bits per heavy atom. The molecule has 2 N–H and O–H groups in total. The average Bonchev–Trinajstić information content (AvgIpc) is 2.71. The van der Waals surface area contributed by atoms with E-state index >= 15 is 0 Å². The summed E-state index contributed by atoms with van der Waals surface area (Å²) < 4.78 is 11.3.